The number of hydrogen-bond donors (Lipinski definition) is 0. The lowest BCUT2D eigenvalue weighted by atomic mass is 10.2. The third-order valence-corrected chi connectivity index (χ3v) is 2.25. The lowest BCUT2D eigenvalue weighted by molar-refractivity contribution is -0.384. The number of benzene rings is 1. The number of rotatable bonds is 2. The molecule has 5 nitrogen and oxygen atoms in total. The van der Waals surface area contributed by atoms with Crippen molar-refractivity contribution >= 4 is 16.6 Å². The maximum Gasteiger partial charge on any atom is 0.270 e. The van der Waals surface area contributed by atoms with Crippen LogP contribution in [0.5, 0.6) is 0 Å². The van der Waals surface area contributed by atoms with Gasteiger partial charge in [0.1, 0.15) is 0 Å². The van der Waals surface area contributed by atoms with Crippen molar-refractivity contribution in [3.05, 3.63) is 34.5 Å². The molecule has 0 aliphatic heterocycles. The molecule has 0 saturated carbocycles. The first-order chi connectivity index (χ1) is 7.08. The van der Waals surface area contributed by atoms with Gasteiger partial charge in [-0.05, 0) is 19.9 Å². The molecular weight excluding hydrogens is 194 g/mol. The van der Waals surface area contributed by atoms with Crippen molar-refractivity contribution in [1.82, 2.24) is 9.78 Å². The molecule has 0 bridgehead atoms. The molecule has 0 N–H and O–H groups in total. The van der Waals surface area contributed by atoms with Gasteiger partial charge in [-0.2, -0.15) is 5.10 Å². The van der Waals surface area contributed by atoms with Crippen molar-refractivity contribution < 1.29 is 4.92 Å². The van der Waals surface area contributed by atoms with Gasteiger partial charge < -0.3 is 0 Å². The van der Waals surface area contributed by atoms with Gasteiger partial charge in [-0.25, -0.2) is 0 Å². The summed E-state index contributed by atoms with van der Waals surface area (Å²) in [5.41, 5.74) is 0.889. The van der Waals surface area contributed by atoms with E-state index in [2.05, 4.69) is 5.10 Å². The molecule has 0 spiro atoms. The van der Waals surface area contributed by atoms with Crippen molar-refractivity contribution in [3.63, 3.8) is 0 Å². The molecule has 5 heteroatoms. The molecule has 0 amide bonds. The fourth-order valence-corrected chi connectivity index (χ4v) is 1.41. The highest BCUT2D eigenvalue weighted by Crippen LogP contribution is 2.20. The molecule has 0 fully saturated rings. The average molecular weight is 205 g/mol. The van der Waals surface area contributed by atoms with Crippen molar-refractivity contribution in [3.8, 4) is 0 Å². The van der Waals surface area contributed by atoms with Crippen LogP contribution in [-0.4, -0.2) is 14.7 Å². The molecule has 0 radical (unpaired) electrons. The summed E-state index contributed by atoms with van der Waals surface area (Å²) < 4.78 is 1.80. The maximum atomic E-state index is 10.6. The Bertz CT molecular complexity index is 516. The lowest BCUT2D eigenvalue weighted by Gasteiger charge is -2.02. The standard InChI is InChI=1S/C10H11N3O2/c1-7(2)12-6-8-5-9(13(14)15)3-4-10(8)11-12/h3-7H,1-2H3. The highest BCUT2D eigenvalue weighted by atomic mass is 16.6. The van der Waals surface area contributed by atoms with Gasteiger partial charge in [0.25, 0.3) is 5.69 Å². The number of fused-ring (bicyclic) bond motifs is 1. The van der Waals surface area contributed by atoms with Crippen LogP contribution in [0.25, 0.3) is 10.9 Å². The quantitative estimate of drug-likeness (QED) is 0.559. The highest BCUT2D eigenvalue weighted by molar-refractivity contribution is 5.80. The normalized spacial score (nSPS) is 11.1. The van der Waals surface area contributed by atoms with E-state index in [1.54, 1.807) is 16.8 Å². The number of hydrogen-bond acceptors (Lipinski definition) is 3. The van der Waals surface area contributed by atoms with E-state index in [9.17, 15) is 10.1 Å². The van der Waals surface area contributed by atoms with Gasteiger partial charge in [0, 0.05) is 29.8 Å². The van der Waals surface area contributed by atoms with Crippen LogP contribution in [0, 0.1) is 10.1 Å². The van der Waals surface area contributed by atoms with Crippen LogP contribution in [0.2, 0.25) is 0 Å². The lowest BCUT2D eigenvalue weighted by Crippen LogP contribution is -1.99. The fraction of sp³-hybridized carbons (Fsp3) is 0.300. The summed E-state index contributed by atoms with van der Waals surface area (Å²) in [6.45, 7) is 4.03. The zero-order chi connectivity index (χ0) is 11.0. The Labute approximate surface area is 86.5 Å². The molecule has 2 rings (SSSR count). The van der Waals surface area contributed by atoms with Crippen molar-refractivity contribution in [2.45, 2.75) is 19.9 Å². The van der Waals surface area contributed by atoms with Crippen molar-refractivity contribution in [2.24, 2.45) is 0 Å². The second-order valence-corrected chi connectivity index (χ2v) is 3.70. The first-order valence-electron chi connectivity index (χ1n) is 4.71. The van der Waals surface area contributed by atoms with Gasteiger partial charge in [0.2, 0.25) is 0 Å². The third kappa shape index (κ3) is 1.68. The molecule has 0 unspecified atom stereocenters. The van der Waals surface area contributed by atoms with E-state index in [-0.39, 0.29) is 11.7 Å². The average Bonchev–Trinajstić information content (AvgIpc) is 2.59. The van der Waals surface area contributed by atoms with Gasteiger partial charge >= 0.3 is 0 Å². The van der Waals surface area contributed by atoms with E-state index in [1.165, 1.54) is 6.07 Å². The Morgan fingerprint density at radius 2 is 2.20 bits per heavy atom. The summed E-state index contributed by atoms with van der Waals surface area (Å²) in [5, 5.41) is 15.7. The van der Waals surface area contributed by atoms with Crippen molar-refractivity contribution in [2.75, 3.05) is 0 Å². The third-order valence-electron chi connectivity index (χ3n) is 2.25. The first-order valence-corrected chi connectivity index (χ1v) is 4.71. The largest absolute Gasteiger partial charge is 0.270 e. The summed E-state index contributed by atoms with van der Waals surface area (Å²) in [6, 6.07) is 4.95. The number of aromatic nitrogens is 2. The minimum atomic E-state index is -0.397. The number of nitro benzene ring substituents is 1. The van der Waals surface area contributed by atoms with E-state index >= 15 is 0 Å². The molecule has 1 aromatic carbocycles. The molecule has 0 aliphatic carbocycles. The Morgan fingerprint density at radius 3 is 2.80 bits per heavy atom. The van der Waals surface area contributed by atoms with E-state index < -0.39 is 4.92 Å². The Morgan fingerprint density at radius 1 is 1.47 bits per heavy atom. The summed E-state index contributed by atoms with van der Waals surface area (Å²) in [4.78, 5) is 10.2. The molecule has 78 valence electrons. The van der Waals surface area contributed by atoms with Crippen LogP contribution < -0.4 is 0 Å². The molecular formula is C10H11N3O2. The Kier molecular flexibility index (Phi) is 2.15. The zero-order valence-electron chi connectivity index (χ0n) is 8.54. The van der Waals surface area contributed by atoms with Gasteiger partial charge in [0.05, 0.1) is 10.4 Å². The van der Waals surface area contributed by atoms with Gasteiger partial charge in [-0.1, -0.05) is 0 Å². The van der Waals surface area contributed by atoms with Gasteiger partial charge in [0.15, 0.2) is 0 Å². The van der Waals surface area contributed by atoms with Crippen LogP contribution in [0.15, 0.2) is 24.4 Å². The minimum Gasteiger partial charge on any atom is -0.269 e. The van der Waals surface area contributed by atoms with Crippen LogP contribution in [0.3, 0.4) is 0 Å². The van der Waals surface area contributed by atoms with Crippen LogP contribution in [0.1, 0.15) is 19.9 Å². The predicted molar refractivity (Wildman–Crippen MR) is 56.8 cm³/mol. The predicted octanol–water partition coefficient (Wildman–Crippen LogP) is 2.53. The zero-order valence-corrected chi connectivity index (χ0v) is 8.54. The fourth-order valence-electron chi connectivity index (χ4n) is 1.41. The Hall–Kier alpha value is -1.91. The van der Waals surface area contributed by atoms with E-state index in [1.807, 2.05) is 20.0 Å². The van der Waals surface area contributed by atoms with E-state index in [0.717, 1.165) is 10.9 Å². The molecule has 1 aromatic heterocycles. The molecule has 15 heavy (non-hydrogen) atoms. The number of nitrogens with zero attached hydrogens (tertiary/aromatic N) is 3. The number of nitro groups is 1. The second kappa shape index (κ2) is 3.34. The molecule has 0 aliphatic rings. The second-order valence-electron chi connectivity index (χ2n) is 3.70. The number of non-ortho nitro benzene ring substituents is 1. The maximum absolute atomic E-state index is 10.6. The summed E-state index contributed by atoms with van der Waals surface area (Å²) in [6.07, 6.45) is 1.83. The van der Waals surface area contributed by atoms with Crippen LogP contribution in [0.4, 0.5) is 5.69 Å². The summed E-state index contributed by atoms with van der Waals surface area (Å²) in [5.74, 6) is 0. The van der Waals surface area contributed by atoms with Crippen LogP contribution >= 0.6 is 0 Å². The highest BCUT2D eigenvalue weighted by Gasteiger charge is 2.09. The van der Waals surface area contributed by atoms with E-state index in [4.69, 9.17) is 0 Å². The van der Waals surface area contributed by atoms with Gasteiger partial charge in [-0.15, -0.1) is 0 Å². The summed E-state index contributed by atoms with van der Waals surface area (Å²) >= 11 is 0. The smallest absolute Gasteiger partial charge is 0.269 e. The minimum absolute atomic E-state index is 0.103. The molecule has 0 atom stereocenters. The molecule has 0 saturated heterocycles. The summed E-state index contributed by atoms with van der Waals surface area (Å²) in [7, 11) is 0. The molecule has 1 heterocycles. The van der Waals surface area contributed by atoms with Crippen molar-refractivity contribution in [1.29, 1.82) is 0 Å². The van der Waals surface area contributed by atoms with E-state index in [0.29, 0.717) is 0 Å². The monoisotopic (exact) mass is 205 g/mol. The Balaban J connectivity index is 2.57. The van der Waals surface area contributed by atoms with Gasteiger partial charge in [-0.3, -0.25) is 14.8 Å². The topological polar surface area (TPSA) is 61.0 Å². The first kappa shape index (κ1) is 9.64. The SMILES string of the molecule is CC(C)n1cc2cc([N+](=O)[O-])ccc2n1. The van der Waals surface area contributed by atoms with Crippen LogP contribution in [-0.2, 0) is 0 Å². The molecule has 2 aromatic rings.